The first-order valence-electron chi connectivity index (χ1n) is 6.73. The Labute approximate surface area is 114 Å². The van der Waals surface area contributed by atoms with E-state index in [1.54, 1.807) is 0 Å². The van der Waals surface area contributed by atoms with Gasteiger partial charge in [0.1, 0.15) is 0 Å². The van der Waals surface area contributed by atoms with E-state index < -0.39 is 0 Å². The number of nitrogens with zero attached hydrogens (tertiary/aromatic N) is 5. The number of likely N-dealkylation sites (tertiary alicyclic amines) is 1. The van der Waals surface area contributed by atoms with Crippen LogP contribution in [0.5, 0.6) is 0 Å². The molecule has 0 radical (unpaired) electrons. The number of hydrogen-bond acceptors (Lipinski definition) is 3. The molecule has 19 heavy (non-hydrogen) atoms. The van der Waals surface area contributed by atoms with E-state index in [0.717, 1.165) is 31.6 Å². The maximum absolute atomic E-state index is 4.43. The number of guanidine groups is 1. The minimum Gasteiger partial charge on any atom is -0.322 e. The number of rotatable bonds is 3. The molecule has 104 valence electrons. The van der Waals surface area contributed by atoms with Gasteiger partial charge in [-0.15, -0.1) is 0 Å². The maximum atomic E-state index is 4.43. The molecular weight excluding hydrogens is 240 g/mol. The van der Waals surface area contributed by atoms with Crippen molar-refractivity contribution < 1.29 is 0 Å². The minimum absolute atomic E-state index is 0.495. The molecule has 6 nitrogen and oxygen atoms in total. The maximum Gasteiger partial charge on any atom is 0.221 e. The van der Waals surface area contributed by atoms with Crippen molar-refractivity contribution in [2.24, 2.45) is 9.98 Å². The normalized spacial score (nSPS) is 18.5. The van der Waals surface area contributed by atoms with Gasteiger partial charge in [-0.05, 0) is 46.6 Å². The van der Waals surface area contributed by atoms with E-state index in [-0.39, 0.29) is 0 Å². The zero-order valence-electron chi connectivity index (χ0n) is 11.7. The summed E-state index contributed by atoms with van der Waals surface area (Å²) < 4.78 is 2.04. The van der Waals surface area contributed by atoms with E-state index in [0.29, 0.717) is 18.5 Å². The third-order valence-electron chi connectivity index (χ3n) is 3.38. The van der Waals surface area contributed by atoms with Gasteiger partial charge in [0.05, 0.1) is 17.9 Å². The summed E-state index contributed by atoms with van der Waals surface area (Å²) in [5.41, 5.74) is 0.915. The van der Waals surface area contributed by atoms with Crippen LogP contribution < -0.4 is 5.32 Å². The average molecular weight is 262 g/mol. The molecule has 2 heterocycles. The average Bonchev–Trinajstić information content (AvgIpc) is 2.87. The summed E-state index contributed by atoms with van der Waals surface area (Å²) in [6.07, 6.45) is 6.13. The largest absolute Gasteiger partial charge is 0.322 e. The summed E-state index contributed by atoms with van der Waals surface area (Å²) >= 11 is 0. The van der Waals surface area contributed by atoms with Crippen LogP contribution >= 0.6 is 0 Å². The summed E-state index contributed by atoms with van der Waals surface area (Å²) in [5, 5.41) is 7.56. The van der Waals surface area contributed by atoms with Crippen molar-refractivity contribution in [3.63, 3.8) is 0 Å². The highest BCUT2D eigenvalue weighted by molar-refractivity contribution is 5.96. The molecule has 0 unspecified atom stereocenters. The number of nitrogens with one attached hydrogen (secondary N) is 1. The number of piperidine rings is 1. The van der Waals surface area contributed by atoms with Crippen LogP contribution in [0, 0.1) is 0 Å². The highest BCUT2D eigenvalue weighted by Crippen LogP contribution is 2.22. The van der Waals surface area contributed by atoms with Gasteiger partial charge < -0.3 is 10.2 Å². The molecule has 0 bridgehead atoms. The summed E-state index contributed by atoms with van der Waals surface area (Å²) in [5.74, 6) is 0.547. The molecule has 0 spiro atoms. The Morgan fingerprint density at radius 2 is 2.26 bits per heavy atom. The monoisotopic (exact) mass is 262 g/mol. The minimum atomic E-state index is 0.495. The fraction of sp³-hybridized carbons (Fsp3) is 0.615. The van der Waals surface area contributed by atoms with Crippen molar-refractivity contribution >= 4 is 18.4 Å². The van der Waals surface area contributed by atoms with Crippen molar-refractivity contribution in [3.05, 3.63) is 12.4 Å². The number of aromatic nitrogens is 2. The lowest BCUT2D eigenvalue weighted by Crippen LogP contribution is -2.31. The Morgan fingerprint density at radius 3 is 2.89 bits per heavy atom. The highest BCUT2D eigenvalue weighted by Gasteiger charge is 2.18. The second-order valence-corrected chi connectivity index (χ2v) is 4.82. The topological polar surface area (TPSA) is 57.8 Å². The molecule has 1 N–H and O–H groups in total. The van der Waals surface area contributed by atoms with E-state index in [1.165, 1.54) is 0 Å². The standard InChI is InChI=1S/C13H22N6/c1-4-15-13(14-2)17-11-9-16-19(10-11)12-5-7-18(3)8-6-12/h9-10,12H,2,4-8H2,1,3H3,(H,15,17). The number of hydrogen-bond donors (Lipinski definition) is 1. The van der Waals surface area contributed by atoms with Crippen LogP contribution in [-0.4, -0.2) is 54.0 Å². The molecule has 0 aromatic carbocycles. The van der Waals surface area contributed by atoms with Crippen LogP contribution in [0.2, 0.25) is 0 Å². The van der Waals surface area contributed by atoms with E-state index in [9.17, 15) is 0 Å². The number of aliphatic imine (C=N–C) groups is 2. The predicted octanol–water partition coefficient (Wildman–Crippen LogP) is 1.64. The third kappa shape index (κ3) is 3.64. The molecule has 0 atom stereocenters. The first-order chi connectivity index (χ1) is 9.22. The Balaban J connectivity index is 1.99. The SMILES string of the molecule is C=N/C(=N\CC)Nc1cnn(C2CCN(C)CC2)c1. The molecule has 1 aliphatic heterocycles. The summed E-state index contributed by atoms with van der Waals surface area (Å²) in [4.78, 5) is 10.4. The summed E-state index contributed by atoms with van der Waals surface area (Å²) in [7, 11) is 2.16. The van der Waals surface area contributed by atoms with Gasteiger partial charge in [-0.1, -0.05) is 0 Å². The van der Waals surface area contributed by atoms with Gasteiger partial charge in [-0.3, -0.25) is 9.67 Å². The van der Waals surface area contributed by atoms with Gasteiger partial charge in [0.2, 0.25) is 5.96 Å². The third-order valence-corrected chi connectivity index (χ3v) is 3.38. The first-order valence-corrected chi connectivity index (χ1v) is 6.73. The zero-order valence-corrected chi connectivity index (χ0v) is 11.7. The van der Waals surface area contributed by atoms with Gasteiger partial charge in [0.15, 0.2) is 0 Å². The molecule has 1 aromatic rings. The summed E-state index contributed by atoms with van der Waals surface area (Å²) in [6.45, 7) is 8.41. The van der Waals surface area contributed by atoms with E-state index >= 15 is 0 Å². The van der Waals surface area contributed by atoms with Crippen molar-refractivity contribution in [1.82, 2.24) is 14.7 Å². The molecule has 1 fully saturated rings. The molecule has 1 saturated heterocycles. The lowest BCUT2D eigenvalue weighted by atomic mass is 10.1. The van der Waals surface area contributed by atoms with Crippen molar-refractivity contribution in [2.45, 2.75) is 25.8 Å². The van der Waals surface area contributed by atoms with Gasteiger partial charge >= 0.3 is 0 Å². The lowest BCUT2D eigenvalue weighted by Gasteiger charge is -2.28. The van der Waals surface area contributed by atoms with Crippen molar-refractivity contribution in [2.75, 3.05) is 32.0 Å². The van der Waals surface area contributed by atoms with Crippen LogP contribution in [-0.2, 0) is 0 Å². The molecule has 2 rings (SSSR count). The van der Waals surface area contributed by atoms with Crippen LogP contribution in [0.4, 0.5) is 5.69 Å². The van der Waals surface area contributed by atoms with Gasteiger partial charge in [-0.25, -0.2) is 4.99 Å². The Hall–Kier alpha value is -1.69. The molecule has 0 aliphatic carbocycles. The number of anilines is 1. The van der Waals surface area contributed by atoms with E-state index in [2.05, 4.69) is 39.1 Å². The zero-order chi connectivity index (χ0) is 13.7. The second-order valence-electron chi connectivity index (χ2n) is 4.82. The van der Waals surface area contributed by atoms with Gasteiger partial charge in [0.25, 0.3) is 0 Å². The lowest BCUT2D eigenvalue weighted by molar-refractivity contribution is 0.212. The Morgan fingerprint density at radius 1 is 1.53 bits per heavy atom. The van der Waals surface area contributed by atoms with E-state index in [1.807, 2.05) is 24.0 Å². The Kier molecular flexibility index (Phi) is 4.68. The Bertz CT molecular complexity index is 442. The molecule has 0 amide bonds. The predicted molar refractivity (Wildman–Crippen MR) is 79.1 cm³/mol. The molecule has 0 saturated carbocycles. The van der Waals surface area contributed by atoms with Gasteiger partial charge in [-0.2, -0.15) is 5.10 Å². The van der Waals surface area contributed by atoms with Gasteiger partial charge in [0, 0.05) is 12.7 Å². The molecular formula is C13H22N6. The summed E-state index contributed by atoms with van der Waals surface area (Å²) in [6, 6.07) is 0.495. The first kappa shape index (κ1) is 13.7. The van der Waals surface area contributed by atoms with Crippen LogP contribution in [0.25, 0.3) is 0 Å². The van der Waals surface area contributed by atoms with E-state index in [4.69, 9.17) is 0 Å². The van der Waals surface area contributed by atoms with Crippen LogP contribution in [0.15, 0.2) is 22.4 Å². The quantitative estimate of drug-likeness (QED) is 0.665. The molecule has 1 aromatic heterocycles. The van der Waals surface area contributed by atoms with Crippen LogP contribution in [0.3, 0.4) is 0 Å². The van der Waals surface area contributed by atoms with Crippen LogP contribution in [0.1, 0.15) is 25.8 Å². The van der Waals surface area contributed by atoms with Crippen molar-refractivity contribution in [1.29, 1.82) is 0 Å². The molecule has 6 heteroatoms. The van der Waals surface area contributed by atoms with Crippen molar-refractivity contribution in [3.8, 4) is 0 Å². The second kappa shape index (κ2) is 6.47. The fourth-order valence-corrected chi connectivity index (χ4v) is 2.27. The molecule has 1 aliphatic rings. The fourth-order valence-electron chi connectivity index (χ4n) is 2.27. The smallest absolute Gasteiger partial charge is 0.221 e. The highest BCUT2D eigenvalue weighted by atomic mass is 15.3.